The molecule has 1 aliphatic heterocycles. The van der Waals surface area contributed by atoms with Crippen LogP contribution < -0.4 is 5.32 Å². The third-order valence-electron chi connectivity index (χ3n) is 4.41. The third kappa shape index (κ3) is 5.83. The molecule has 2 atom stereocenters. The molecule has 1 heterocycles. The van der Waals surface area contributed by atoms with Crippen molar-refractivity contribution in [1.82, 2.24) is 10.2 Å². The van der Waals surface area contributed by atoms with E-state index in [0.29, 0.717) is 5.41 Å². The van der Waals surface area contributed by atoms with Crippen LogP contribution in [0.25, 0.3) is 0 Å². The van der Waals surface area contributed by atoms with Crippen molar-refractivity contribution >= 4 is 0 Å². The van der Waals surface area contributed by atoms with Gasteiger partial charge in [0.05, 0.1) is 0 Å². The van der Waals surface area contributed by atoms with Gasteiger partial charge in [0.2, 0.25) is 0 Å². The molecule has 2 fully saturated rings. The van der Waals surface area contributed by atoms with Crippen LogP contribution in [0.5, 0.6) is 0 Å². The maximum absolute atomic E-state index is 3.77. The molecule has 1 saturated carbocycles. The van der Waals surface area contributed by atoms with Crippen LogP contribution in [0.3, 0.4) is 0 Å². The first-order valence-corrected chi connectivity index (χ1v) is 8.42. The Labute approximate surface area is 120 Å². The van der Waals surface area contributed by atoms with Crippen molar-refractivity contribution in [3.8, 4) is 0 Å². The van der Waals surface area contributed by atoms with E-state index in [4.69, 9.17) is 0 Å². The Balaban J connectivity index is 1.86. The molecule has 0 radical (unpaired) electrons. The maximum Gasteiger partial charge on any atom is 0.0198 e. The molecule has 19 heavy (non-hydrogen) atoms. The lowest BCUT2D eigenvalue weighted by Gasteiger charge is -2.40. The summed E-state index contributed by atoms with van der Waals surface area (Å²) < 4.78 is 0. The summed E-state index contributed by atoms with van der Waals surface area (Å²) in [5.41, 5.74) is 0.475. The van der Waals surface area contributed by atoms with Crippen LogP contribution in [0.15, 0.2) is 0 Å². The monoisotopic (exact) mass is 266 g/mol. The van der Waals surface area contributed by atoms with Gasteiger partial charge in [0.15, 0.2) is 0 Å². The summed E-state index contributed by atoms with van der Waals surface area (Å²) in [4.78, 5) is 2.75. The molecular formula is C17H34N2. The summed E-state index contributed by atoms with van der Waals surface area (Å²) in [6, 6.07) is 0.736. The molecule has 1 saturated heterocycles. The molecule has 0 spiro atoms. The second kappa shape index (κ2) is 6.58. The van der Waals surface area contributed by atoms with E-state index in [1.54, 1.807) is 0 Å². The lowest BCUT2D eigenvalue weighted by molar-refractivity contribution is 0.110. The van der Waals surface area contributed by atoms with Crippen molar-refractivity contribution in [2.24, 2.45) is 17.3 Å². The fourth-order valence-corrected chi connectivity index (χ4v) is 3.63. The molecule has 1 N–H and O–H groups in total. The average Bonchev–Trinajstić information content (AvgIpc) is 3.07. The third-order valence-corrected chi connectivity index (χ3v) is 4.41. The summed E-state index contributed by atoms with van der Waals surface area (Å²) in [7, 11) is 0. The average molecular weight is 266 g/mol. The standard InChI is InChI=1S/C17H34N2/c1-5-8-18-16-9-15(10-17(2,3)4)12-19(13-16)11-14-6-7-14/h14-16,18H,5-13H2,1-4H3. The SMILES string of the molecule is CCCNC1CC(CC(C)(C)C)CN(CC2CC2)C1. The molecule has 0 bridgehead atoms. The Bertz CT molecular complexity index is 265. The highest BCUT2D eigenvalue weighted by Crippen LogP contribution is 2.34. The summed E-state index contributed by atoms with van der Waals surface area (Å²) in [5, 5.41) is 3.77. The van der Waals surface area contributed by atoms with Gasteiger partial charge >= 0.3 is 0 Å². The second-order valence-corrected chi connectivity index (χ2v) is 8.18. The van der Waals surface area contributed by atoms with E-state index in [-0.39, 0.29) is 0 Å². The first-order valence-electron chi connectivity index (χ1n) is 8.42. The van der Waals surface area contributed by atoms with Crippen LogP contribution in [0, 0.1) is 17.3 Å². The molecule has 1 aliphatic carbocycles. The zero-order valence-corrected chi connectivity index (χ0v) is 13.5. The highest BCUT2D eigenvalue weighted by atomic mass is 15.2. The summed E-state index contributed by atoms with van der Waals surface area (Å²) in [5.74, 6) is 1.92. The minimum Gasteiger partial charge on any atom is -0.313 e. The number of piperidine rings is 1. The first kappa shape index (κ1) is 15.3. The molecule has 0 aromatic carbocycles. The highest BCUT2D eigenvalue weighted by molar-refractivity contribution is 4.88. The van der Waals surface area contributed by atoms with Crippen LogP contribution in [0.4, 0.5) is 0 Å². The van der Waals surface area contributed by atoms with E-state index in [0.717, 1.165) is 17.9 Å². The number of nitrogens with one attached hydrogen (secondary N) is 1. The van der Waals surface area contributed by atoms with Crippen LogP contribution in [-0.2, 0) is 0 Å². The van der Waals surface area contributed by atoms with Gasteiger partial charge < -0.3 is 10.2 Å². The lowest BCUT2D eigenvalue weighted by atomic mass is 9.80. The first-order chi connectivity index (χ1) is 8.96. The zero-order chi connectivity index (χ0) is 13.9. The summed E-state index contributed by atoms with van der Waals surface area (Å²) in [6.07, 6.45) is 6.97. The van der Waals surface area contributed by atoms with Crippen molar-refractivity contribution in [1.29, 1.82) is 0 Å². The molecule has 2 unspecified atom stereocenters. The van der Waals surface area contributed by atoms with E-state index in [1.165, 1.54) is 58.3 Å². The van der Waals surface area contributed by atoms with Crippen molar-refractivity contribution in [3.05, 3.63) is 0 Å². The fraction of sp³-hybridized carbons (Fsp3) is 1.00. The topological polar surface area (TPSA) is 15.3 Å². The number of rotatable bonds is 6. The van der Waals surface area contributed by atoms with Gasteiger partial charge in [0, 0.05) is 25.7 Å². The molecule has 2 rings (SSSR count). The Kier molecular flexibility index (Phi) is 5.30. The van der Waals surface area contributed by atoms with E-state index >= 15 is 0 Å². The molecule has 0 aromatic heterocycles. The van der Waals surface area contributed by atoms with Gasteiger partial charge in [-0.3, -0.25) is 0 Å². The van der Waals surface area contributed by atoms with Crippen LogP contribution in [0.1, 0.15) is 59.8 Å². The Morgan fingerprint density at radius 1 is 1.11 bits per heavy atom. The molecule has 2 nitrogen and oxygen atoms in total. The van der Waals surface area contributed by atoms with Gasteiger partial charge in [-0.25, -0.2) is 0 Å². The number of hydrogen-bond acceptors (Lipinski definition) is 2. The minimum atomic E-state index is 0.475. The molecular weight excluding hydrogens is 232 g/mol. The number of nitrogens with zero attached hydrogens (tertiary/aromatic N) is 1. The predicted octanol–water partition coefficient (Wildman–Crippen LogP) is 3.52. The van der Waals surface area contributed by atoms with Crippen LogP contribution in [0.2, 0.25) is 0 Å². The zero-order valence-electron chi connectivity index (χ0n) is 13.5. The molecule has 112 valence electrons. The number of hydrogen-bond donors (Lipinski definition) is 1. The van der Waals surface area contributed by atoms with Gasteiger partial charge in [-0.15, -0.1) is 0 Å². The van der Waals surface area contributed by atoms with Gasteiger partial charge in [0.1, 0.15) is 0 Å². The van der Waals surface area contributed by atoms with E-state index in [2.05, 4.69) is 37.9 Å². The smallest absolute Gasteiger partial charge is 0.0198 e. The van der Waals surface area contributed by atoms with E-state index in [1.807, 2.05) is 0 Å². The molecule has 2 aliphatic rings. The second-order valence-electron chi connectivity index (χ2n) is 8.18. The maximum atomic E-state index is 3.77. The lowest BCUT2D eigenvalue weighted by Crippen LogP contribution is -2.50. The van der Waals surface area contributed by atoms with Gasteiger partial charge in [-0.05, 0) is 55.9 Å². The van der Waals surface area contributed by atoms with Crippen molar-refractivity contribution in [3.63, 3.8) is 0 Å². The van der Waals surface area contributed by atoms with Crippen molar-refractivity contribution in [2.45, 2.75) is 65.8 Å². The predicted molar refractivity (Wildman–Crippen MR) is 83.4 cm³/mol. The number of likely N-dealkylation sites (tertiary alicyclic amines) is 1. The van der Waals surface area contributed by atoms with Gasteiger partial charge in [-0.2, -0.15) is 0 Å². The van der Waals surface area contributed by atoms with Crippen LogP contribution in [-0.4, -0.2) is 37.1 Å². The highest BCUT2D eigenvalue weighted by Gasteiger charge is 2.32. The molecule has 0 aromatic rings. The molecule has 0 amide bonds. The Hall–Kier alpha value is -0.0800. The Morgan fingerprint density at radius 2 is 1.84 bits per heavy atom. The van der Waals surface area contributed by atoms with E-state index in [9.17, 15) is 0 Å². The van der Waals surface area contributed by atoms with Crippen molar-refractivity contribution < 1.29 is 0 Å². The normalized spacial score (nSPS) is 29.7. The van der Waals surface area contributed by atoms with Gasteiger partial charge in [0.25, 0.3) is 0 Å². The van der Waals surface area contributed by atoms with Crippen molar-refractivity contribution in [2.75, 3.05) is 26.2 Å². The molecule has 2 heteroatoms. The van der Waals surface area contributed by atoms with Crippen LogP contribution >= 0.6 is 0 Å². The van der Waals surface area contributed by atoms with Gasteiger partial charge in [-0.1, -0.05) is 27.7 Å². The quantitative estimate of drug-likeness (QED) is 0.791. The minimum absolute atomic E-state index is 0.475. The largest absolute Gasteiger partial charge is 0.313 e. The summed E-state index contributed by atoms with van der Waals surface area (Å²) in [6.45, 7) is 14.6. The summed E-state index contributed by atoms with van der Waals surface area (Å²) >= 11 is 0. The fourth-order valence-electron chi connectivity index (χ4n) is 3.63. The Morgan fingerprint density at radius 3 is 2.42 bits per heavy atom. The van der Waals surface area contributed by atoms with E-state index < -0.39 is 0 Å².